The number of allylic oxidation sites excluding steroid dienone is 1. The molecule has 2 aromatic rings. The summed E-state index contributed by atoms with van der Waals surface area (Å²) in [6.45, 7) is 2.93. The molecule has 1 aliphatic rings. The molecule has 2 heterocycles. The molecule has 0 amide bonds. The van der Waals surface area contributed by atoms with Gasteiger partial charge in [0.2, 0.25) is 0 Å². The normalized spacial score (nSPS) is 14.3. The van der Waals surface area contributed by atoms with Gasteiger partial charge in [-0.3, -0.25) is 4.99 Å². The second-order valence-corrected chi connectivity index (χ2v) is 4.65. The smallest absolute Gasteiger partial charge is 0.0936 e. The molecule has 19 heavy (non-hydrogen) atoms. The number of hydrogen-bond acceptors (Lipinski definition) is 3. The molecule has 1 aromatic heterocycles. The SMILES string of the molecule is Cc1ccc(-c2cc(C3=NCCC=C3)cnn2)cc1. The van der Waals surface area contributed by atoms with Crippen molar-refractivity contribution < 1.29 is 0 Å². The van der Waals surface area contributed by atoms with E-state index in [9.17, 15) is 0 Å². The number of benzene rings is 1. The zero-order valence-corrected chi connectivity index (χ0v) is 10.9. The Hall–Kier alpha value is -2.29. The van der Waals surface area contributed by atoms with Crippen molar-refractivity contribution in [2.75, 3.05) is 6.54 Å². The maximum atomic E-state index is 4.51. The minimum Gasteiger partial charge on any atom is -0.284 e. The highest BCUT2D eigenvalue weighted by molar-refractivity contribution is 6.09. The molecule has 0 bridgehead atoms. The van der Waals surface area contributed by atoms with Crippen LogP contribution in [0.25, 0.3) is 11.3 Å². The molecule has 0 saturated carbocycles. The summed E-state index contributed by atoms with van der Waals surface area (Å²) in [4.78, 5) is 4.51. The first kappa shape index (κ1) is 11.8. The van der Waals surface area contributed by atoms with Crippen LogP contribution in [-0.4, -0.2) is 22.5 Å². The highest BCUT2D eigenvalue weighted by Gasteiger charge is 2.06. The minimum atomic E-state index is 0.855. The molecule has 0 unspecified atom stereocenters. The van der Waals surface area contributed by atoms with E-state index in [0.29, 0.717) is 0 Å². The standard InChI is InChI=1S/C16H15N3/c1-12-5-7-13(8-6-12)16-10-14(11-18-19-16)15-4-2-3-9-17-15/h2,4-8,10-11H,3,9H2,1H3. The summed E-state index contributed by atoms with van der Waals surface area (Å²) < 4.78 is 0. The molecule has 1 aromatic carbocycles. The molecule has 0 radical (unpaired) electrons. The van der Waals surface area contributed by atoms with Crippen molar-refractivity contribution in [3.05, 3.63) is 59.8 Å². The first-order chi connectivity index (χ1) is 9.33. The maximum absolute atomic E-state index is 4.51. The lowest BCUT2D eigenvalue weighted by atomic mass is 10.1. The van der Waals surface area contributed by atoms with Crippen LogP contribution in [0.4, 0.5) is 0 Å². The van der Waals surface area contributed by atoms with Gasteiger partial charge < -0.3 is 0 Å². The van der Waals surface area contributed by atoms with Gasteiger partial charge in [0.05, 0.1) is 17.6 Å². The Morgan fingerprint density at radius 3 is 2.63 bits per heavy atom. The molecule has 0 atom stereocenters. The van der Waals surface area contributed by atoms with Gasteiger partial charge in [0.1, 0.15) is 0 Å². The predicted octanol–water partition coefficient (Wildman–Crippen LogP) is 3.20. The van der Waals surface area contributed by atoms with Crippen LogP contribution in [0.5, 0.6) is 0 Å². The molecule has 94 valence electrons. The van der Waals surface area contributed by atoms with E-state index in [-0.39, 0.29) is 0 Å². The molecular formula is C16H15N3. The fourth-order valence-corrected chi connectivity index (χ4v) is 2.07. The average molecular weight is 249 g/mol. The van der Waals surface area contributed by atoms with Gasteiger partial charge in [-0.15, -0.1) is 0 Å². The second kappa shape index (κ2) is 5.14. The van der Waals surface area contributed by atoms with Crippen molar-refractivity contribution in [2.45, 2.75) is 13.3 Å². The third-order valence-corrected chi connectivity index (χ3v) is 3.15. The van der Waals surface area contributed by atoms with E-state index in [1.54, 1.807) is 6.20 Å². The number of dihydropyridines is 1. The van der Waals surface area contributed by atoms with Gasteiger partial charge in [-0.05, 0) is 25.5 Å². The number of nitrogens with zero attached hydrogens (tertiary/aromatic N) is 3. The summed E-state index contributed by atoms with van der Waals surface area (Å²) in [6.07, 6.45) is 6.99. The zero-order valence-electron chi connectivity index (χ0n) is 10.9. The molecule has 3 rings (SSSR count). The predicted molar refractivity (Wildman–Crippen MR) is 77.4 cm³/mol. The number of rotatable bonds is 2. The molecule has 3 nitrogen and oxygen atoms in total. The molecule has 0 spiro atoms. The largest absolute Gasteiger partial charge is 0.284 e. The van der Waals surface area contributed by atoms with Crippen LogP contribution in [-0.2, 0) is 0 Å². The van der Waals surface area contributed by atoms with Crippen molar-refractivity contribution in [1.82, 2.24) is 10.2 Å². The zero-order chi connectivity index (χ0) is 13.1. The summed E-state index contributed by atoms with van der Waals surface area (Å²) in [5.41, 5.74) is 5.24. The molecule has 0 N–H and O–H groups in total. The van der Waals surface area contributed by atoms with Gasteiger partial charge in [0, 0.05) is 17.7 Å². The Balaban J connectivity index is 1.98. The van der Waals surface area contributed by atoms with Crippen LogP contribution in [0, 0.1) is 6.92 Å². The fourth-order valence-electron chi connectivity index (χ4n) is 2.07. The minimum absolute atomic E-state index is 0.855. The number of aliphatic imine (C=N–C) groups is 1. The number of aryl methyl sites for hydroxylation is 1. The molecule has 0 aliphatic carbocycles. The van der Waals surface area contributed by atoms with Crippen molar-refractivity contribution in [3.8, 4) is 11.3 Å². The Kier molecular flexibility index (Phi) is 3.19. The van der Waals surface area contributed by atoms with Gasteiger partial charge in [-0.1, -0.05) is 35.9 Å². The van der Waals surface area contributed by atoms with Crippen LogP contribution in [0.1, 0.15) is 17.5 Å². The Bertz CT molecular complexity index is 639. The molecule has 1 aliphatic heterocycles. The van der Waals surface area contributed by atoms with E-state index in [2.05, 4.69) is 58.5 Å². The van der Waals surface area contributed by atoms with Crippen LogP contribution in [0.3, 0.4) is 0 Å². The van der Waals surface area contributed by atoms with E-state index in [1.165, 1.54) is 5.56 Å². The van der Waals surface area contributed by atoms with Gasteiger partial charge in [0.25, 0.3) is 0 Å². The molecule has 0 fully saturated rings. The van der Waals surface area contributed by atoms with E-state index in [1.807, 2.05) is 6.07 Å². The highest BCUT2D eigenvalue weighted by Crippen LogP contribution is 2.18. The van der Waals surface area contributed by atoms with Crippen LogP contribution >= 0.6 is 0 Å². The number of hydrogen-bond donors (Lipinski definition) is 0. The second-order valence-electron chi connectivity index (χ2n) is 4.65. The summed E-state index contributed by atoms with van der Waals surface area (Å²) >= 11 is 0. The van der Waals surface area contributed by atoms with Crippen LogP contribution < -0.4 is 0 Å². The lowest BCUT2D eigenvalue weighted by Crippen LogP contribution is -2.04. The summed E-state index contributed by atoms with van der Waals surface area (Å²) in [6, 6.07) is 10.4. The Labute approximate surface area is 112 Å². The first-order valence-electron chi connectivity index (χ1n) is 6.44. The van der Waals surface area contributed by atoms with Crippen LogP contribution in [0.15, 0.2) is 53.7 Å². The molecular weight excluding hydrogens is 234 g/mol. The Morgan fingerprint density at radius 1 is 1.05 bits per heavy atom. The Morgan fingerprint density at radius 2 is 1.89 bits per heavy atom. The van der Waals surface area contributed by atoms with Gasteiger partial charge >= 0.3 is 0 Å². The summed E-state index contributed by atoms with van der Waals surface area (Å²) in [5, 5.41) is 8.30. The van der Waals surface area contributed by atoms with Gasteiger partial charge in [-0.2, -0.15) is 10.2 Å². The van der Waals surface area contributed by atoms with E-state index in [4.69, 9.17) is 0 Å². The van der Waals surface area contributed by atoms with Gasteiger partial charge in [-0.25, -0.2) is 0 Å². The summed E-state index contributed by atoms with van der Waals surface area (Å²) in [7, 11) is 0. The van der Waals surface area contributed by atoms with E-state index >= 15 is 0 Å². The number of aromatic nitrogens is 2. The van der Waals surface area contributed by atoms with Crippen molar-refractivity contribution >= 4 is 5.71 Å². The molecule has 0 saturated heterocycles. The van der Waals surface area contributed by atoms with Gasteiger partial charge in [0.15, 0.2) is 0 Å². The lowest BCUT2D eigenvalue weighted by molar-refractivity contribution is 0.988. The fraction of sp³-hybridized carbons (Fsp3) is 0.188. The summed E-state index contributed by atoms with van der Waals surface area (Å²) in [5.74, 6) is 0. The van der Waals surface area contributed by atoms with E-state index in [0.717, 1.165) is 35.5 Å². The maximum Gasteiger partial charge on any atom is 0.0936 e. The topological polar surface area (TPSA) is 38.1 Å². The third-order valence-electron chi connectivity index (χ3n) is 3.15. The third kappa shape index (κ3) is 2.60. The van der Waals surface area contributed by atoms with Crippen LogP contribution in [0.2, 0.25) is 0 Å². The monoisotopic (exact) mass is 249 g/mol. The highest BCUT2D eigenvalue weighted by atomic mass is 15.1. The van der Waals surface area contributed by atoms with Crippen molar-refractivity contribution in [3.63, 3.8) is 0 Å². The first-order valence-corrected chi connectivity index (χ1v) is 6.44. The van der Waals surface area contributed by atoms with E-state index < -0.39 is 0 Å². The average Bonchev–Trinajstić information content (AvgIpc) is 2.49. The molecule has 3 heteroatoms. The lowest BCUT2D eigenvalue weighted by Gasteiger charge is -2.07. The quantitative estimate of drug-likeness (QED) is 0.819. The van der Waals surface area contributed by atoms with Crippen molar-refractivity contribution in [1.29, 1.82) is 0 Å². The van der Waals surface area contributed by atoms with Crippen molar-refractivity contribution in [2.24, 2.45) is 4.99 Å².